The topological polar surface area (TPSA) is 87.7 Å². The molecule has 0 aromatic rings. The number of nitrogens with one attached hydrogen (secondary N) is 1. The van der Waals surface area contributed by atoms with E-state index in [9.17, 15) is 14.7 Å². The number of rotatable bonds is 2. The van der Waals surface area contributed by atoms with E-state index in [2.05, 4.69) is 5.32 Å². The average molecular weight is 277 g/mol. The number of fused-ring (bicyclic) bond motifs is 1. The van der Waals surface area contributed by atoms with Crippen molar-refractivity contribution in [2.24, 2.45) is 17.8 Å². The molecule has 6 nitrogen and oxygen atoms in total. The van der Waals surface area contributed by atoms with Gasteiger partial charge in [-0.1, -0.05) is 6.92 Å². The maximum Gasteiger partial charge on any atom is 1.00 e. The van der Waals surface area contributed by atoms with Crippen molar-refractivity contribution in [3.8, 4) is 0 Å². The van der Waals surface area contributed by atoms with Crippen LogP contribution in [0.3, 0.4) is 0 Å². The van der Waals surface area contributed by atoms with E-state index in [-0.39, 0.29) is 52.9 Å². The number of carboxylic acids is 1. The Bertz CT molecular complexity index is 398. The van der Waals surface area contributed by atoms with Gasteiger partial charge in [0.1, 0.15) is 0 Å². The van der Waals surface area contributed by atoms with Gasteiger partial charge in [0.2, 0.25) is 6.29 Å². The van der Waals surface area contributed by atoms with Gasteiger partial charge in [0.25, 0.3) is 0 Å². The fourth-order valence-corrected chi connectivity index (χ4v) is 2.83. The fraction of sp³-hybridized carbons (Fsp3) is 0.667. The number of hydrogen-bond donors (Lipinski definition) is 1. The fourth-order valence-electron chi connectivity index (χ4n) is 2.83. The van der Waals surface area contributed by atoms with Crippen LogP contribution in [0.5, 0.6) is 0 Å². The number of carboxylic acid groups (broad SMARTS) is 1. The zero-order chi connectivity index (χ0) is 13.3. The minimum atomic E-state index is -1.21. The minimum Gasteiger partial charge on any atom is -0.545 e. The van der Waals surface area contributed by atoms with Gasteiger partial charge in [0, 0.05) is 18.5 Å². The van der Waals surface area contributed by atoms with Gasteiger partial charge < -0.3 is 24.7 Å². The smallest absolute Gasteiger partial charge is 0.545 e. The molecule has 1 N–H and O–H groups in total. The molecule has 0 spiro atoms. The molecule has 0 radical (unpaired) electrons. The molecular formula is C12H16NNaO5. The minimum absolute atomic E-state index is 0. The second-order valence-corrected chi connectivity index (χ2v) is 4.76. The molecular weight excluding hydrogens is 261 g/mol. The molecule has 1 fully saturated rings. The molecule has 1 saturated carbocycles. The molecule has 0 aromatic heterocycles. The summed E-state index contributed by atoms with van der Waals surface area (Å²) in [6.45, 7) is 2.01. The van der Waals surface area contributed by atoms with Crippen LogP contribution >= 0.6 is 0 Å². The summed E-state index contributed by atoms with van der Waals surface area (Å²) in [7, 11) is 1.46. The molecule has 0 saturated heterocycles. The van der Waals surface area contributed by atoms with Crippen molar-refractivity contribution in [3.63, 3.8) is 0 Å². The van der Waals surface area contributed by atoms with Crippen molar-refractivity contribution < 1.29 is 53.7 Å². The summed E-state index contributed by atoms with van der Waals surface area (Å²) in [6.07, 6.45) is 1.49. The Kier molecular flexibility index (Phi) is 5.70. The maximum atomic E-state index is 11.2. The summed E-state index contributed by atoms with van der Waals surface area (Å²) in [5, 5.41) is 13.4. The number of aliphatic carboxylic acids is 1. The summed E-state index contributed by atoms with van der Waals surface area (Å²) in [6, 6.07) is 0. The molecule has 1 amide bonds. The largest absolute Gasteiger partial charge is 1.00 e. The van der Waals surface area contributed by atoms with E-state index in [0.717, 1.165) is 19.1 Å². The SMILES string of the molecule is CNC(=O)OC1OC=C(C(=O)[O-])C2CCC(C)C12.[Na+]. The van der Waals surface area contributed by atoms with E-state index in [1.165, 1.54) is 7.05 Å². The van der Waals surface area contributed by atoms with Crippen LogP contribution in [0.4, 0.5) is 4.79 Å². The first kappa shape index (κ1) is 16.3. The number of alkyl carbamates (subject to hydrolysis) is 1. The van der Waals surface area contributed by atoms with Crippen molar-refractivity contribution >= 4 is 12.1 Å². The van der Waals surface area contributed by atoms with Gasteiger partial charge in [-0.2, -0.15) is 0 Å². The Morgan fingerprint density at radius 1 is 1.47 bits per heavy atom. The monoisotopic (exact) mass is 277 g/mol. The van der Waals surface area contributed by atoms with Gasteiger partial charge in [-0.05, 0) is 24.7 Å². The summed E-state index contributed by atoms with van der Waals surface area (Å²) in [5.74, 6) is -1.25. The first-order valence-corrected chi connectivity index (χ1v) is 5.99. The van der Waals surface area contributed by atoms with Gasteiger partial charge in [0.15, 0.2) is 0 Å². The zero-order valence-corrected chi connectivity index (χ0v) is 13.3. The van der Waals surface area contributed by atoms with E-state index in [4.69, 9.17) is 9.47 Å². The normalized spacial score (nSPS) is 32.2. The third-order valence-corrected chi connectivity index (χ3v) is 3.76. The van der Waals surface area contributed by atoms with Crippen molar-refractivity contribution in [1.29, 1.82) is 0 Å². The molecule has 4 unspecified atom stereocenters. The summed E-state index contributed by atoms with van der Waals surface area (Å²) in [5.41, 5.74) is 0.168. The molecule has 1 aliphatic carbocycles. The van der Waals surface area contributed by atoms with Crippen molar-refractivity contribution in [2.45, 2.75) is 26.1 Å². The maximum absolute atomic E-state index is 11.2. The van der Waals surface area contributed by atoms with Crippen LogP contribution in [0.2, 0.25) is 0 Å². The van der Waals surface area contributed by atoms with Gasteiger partial charge in [0.05, 0.1) is 12.2 Å². The first-order chi connectivity index (χ1) is 8.54. The summed E-state index contributed by atoms with van der Waals surface area (Å²) in [4.78, 5) is 22.2. The van der Waals surface area contributed by atoms with Crippen molar-refractivity contribution in [3.05, 3.63) is 11.8 Å². The van der Waals surface area contributed by atoms with Crippen LogP contribution < -0.4 is 40.0 Å². The van der Waals surface area contributed by atoms with Crippen LogP contribution in [-0.4, -0.2) is 25.4 Å². The predicted octanol–water partition coefficient (Wildman–Crippen LogP) is -3.00. The zero-order valence-electron chi connectivity index (χ0n) is 11.3. The van der Waals surface area contributed by atoms with Gasteiger partial charge in [-0.25, -0.2) is 4.79 Å². The van der Waals surface area contributed by atoms with Crippen LogP contribution in [0.1, 0.15) is 19.8 Å². The number of carbonyl (C=O) groups excluding carboxylic acids is 2. The Balaban J connectivity index is 0.00000180. The summed E-state index contributed by atoms with van der Waals surface area (Å²) < 4.78 is 10.4. The Hall–Kier alpha value is -0.720. The van der Waals surface area contributed by atoms with Gasteiger partial charge in [-0.15, -0.1) is 0 Å². The first-order valence-electron chi connectivity index (χ1n) is 5.99. The Morgan fingerprint density at radius 3 is 2.74 bits per heavy atom. The third-order valence-electron chi connectivity index (χ3n) is 3.76. The van der Waals surface area contributed by atoms with Gasteiger partial charge >= 0.3 is 35.7 Å². The van der Waals surface area contributed by atoms with Crippen LogP contribution in [0, 0.1) is 17.8 Å². The molecule has 2 rings (SSSR count). The second kappa shape index (κ2) is 6.63. The molecule has 2 aliphatic rings. The average Bonchev–Trinajstić information content (AvgIpc) is 2.72. The van der Waals surface area contributed by atoms with Crippen molar-refractivity contribution in [2.75, 3.05) is 7.05 Å². The van der Waals surface area contributed by atoms with Gasteiger partial charge in [-0.3, -0.25) is 0 Å². The van der Waals surface area contributed by atoms with E-state index in [1.54, 1.807) is 0 Å². The van der Waals surface area contributed by atoms with E-state index in [1.807, 2.05) is 6.92 Å². The molecule has 1 heterocycles. The van der Waals surface area contributed by atoms with Crippen molar-refractivity contribution in [1.82, 2.24) is 5.32 Å². The number of carbonyl (C=O) groups is 2. The molecule has 19 heavy (non-hydrogen) atoms. The number of ether oxygens (including phenoxy) is 2. The van der Waals surface area contributed by atoms with E-state index >= 15 is 0 Å². The Labute approximate surface area is 133 Å². The third kappa shape index (κ3) is 3.24. The number of amides is 1. The molecule has 4 atom stereocenters. The quantitative estimate of drug-likeness (QED) is 0.544. The van der Waals surface area contributed by atoms with Crippen LogP contribution in [-0.2, 0) is 14.3 Å². The second-order valence-electron chi connectivity index (χ2n) is 4.76. The standard InChI is InChI=1S/C12H17NO5.Na/c1-6-3-4-7-8(10(14)15)5-17-11(9(6)7)18-12(16)13-2;/h5-7,9,11H,3-4H2,1-2H3,(H,13,16)(H,14,15);/q;+1/p-1. The molecule has 7 heteroatoms. The molecule has 1 aliphatic heterocycles. The molecule has 0 bridgehead atoms. The van der Waals surface area contributed by atoms with E-state index < -0.39 is 18.4 Å². The Morgan fingerprint density at radius 2 is 2.16 bits per heavy atom. The predicted molar refractivity (Wildman–Crippen MR) is 58.9 cm³/mol. The van der Waals surface area contributed by atoms with E-state index in [0.29, 0.717) is 0 Å². The van der Waals surface area contributed by atoms with Crippen LogP contribution in [0.25, 0.3) is 0 Å². The molecule has 100 valence electrons. The molecule has 0 aromatic carbocycles. The van der Waals surface area contributed by atoms with Crippen LogP contribution in [0.15, 0.2) is 11.8 Å². The summed E-state index contributed by atoms with van der Waals surface area (Å²) >= 11 is 0. The number of hydrogen-bond acceptors (Lipinski definition) is 5.